The van der Waals surface area contributed by atoms with Crippen LogP contribution in [0.5, 0.6) is 0 Å². The Morgan fingerprint density at radius 3 is 2.57 bits per heavy atom. The molecular weight excluding hydrogens is 240 g/mol. The van der Waals surface area contributed by atoms with Crippen molar-refractivity contribution in [3.8, 4) is 0 Å². The average Bonchev–Trinajstić information content (AvgIpc) is 2.28. The van der Waals surface area contributed by atoms with Crippen LogP contribution >= 0.6 is 15.9 Å². The van der Waals surface area contributed by atoms with Crippen molar-refractivity contribution in [1.82, 2.24) is 9.78 Å². The van der Waals surface area contributed by atoms with Gasteiger partial charge in [0.25, 0.3) is 0 Å². The Bertz CT molecular complexity index is 291. The number of aryl methyl sites for hydroxylation is 2. The van der Waals surface area contributed by atoms with Gasteiger partial charge in [0.15, 0.2) is 0 Å². The van der Waals surface area contributed by atoms with Crippen LogP contribution in [0.15, 0.2) is 6.07 Å². The average molecular weight is 259 g/mol. The second-order valence-electron chi connectivity index (χ2n) is 4.23. The molecule has 0 spiro atoms. The monoisotopic (exact) mass is 258 g/mol. The quantitative estimate of drug-likeness (QED) is 0.760. The van der Waals surface area contributed by atoms with Crippen molar-refractivity contribution in [2.75, 3.05) is 0 Å². The standard InChI is InChI=1S/C11H19BrN2/c1-8(5-9(2)12)6-11-7-10(3)13-14(11)4/h7-9H,5-6H2,1-4H3. The molecule has 2 nitrogen and oxygen atoms in total. The predicted octanol–water partition coefficient (Wildman–Crippen LogP) is 3.08. The van der Waals surface area contributed by atoms with Gasteiger partial charge in [-0.25, -0.2) is 0 Å². The van der Waals surface area contributed by atoms with Crippen LogP contribution in [0.25, 0.3) is 0 Å². The third kappa shape index (κ3) is 3.45. The molecule has 0 aliphatic rings. The summed E-state index contributed by atoms with van der Waals surface area (Å²) in [7, 11) is 2.02. The molecule has 0 aliphatic heterocycles. The van der Waals surface area contributed by atoms with E-state index in [-0.39, 0.29) is 0 Å². The second kappa shape index (κ2) is 4.96. The summed E-state index contributed by atoms with van der Waals surface area (Å²) < 4.78 is 1.99. The Morgan fingerprint density at radius 1 is 1.50 bits per heavy atom. The molecule has 0 aliphatic carbocycles. The molecule has 1 heterocycles. The highest BCUT2D eigenvalue weighted by Crippen LogP contribution is 2.17. The molecule has 1 rings (SSSR count). The molecule has 0 saturated heterocycles. The van der Waals surface area contributed by atoms with Gasteiger partial charge in [0.1, 0.15) is 0 Å². The number of halogens is 1. The molecule has 0 saturated carbocycles. The molecule has 0 N–H and O–H groups in total. The van der Waals surface area contributed by atoms with Crippen molar-refractivity contribution in [3.05, 3.63) is 17.5 Å². The van der Waals surface area contributed by atoms with Gasteiger partial charge < -0.3 is 0 Å². The summed E-state index contributed by atoms with van der Waals surface area (Å²) in [4.78, 5) is 0.604. The van der Waals surface area contributed by atoms with E-state index in [0.29, 0.717) is 10.7 Å². The lowest BCUT2D eigenvalue weighted by atomic mass is 10.0. The molecule has 2 atom stereocenters. The fourth-order valence-electron chi connectivity index (χ4n) is 1.85. The summed E-state index contributed by atoms with van der Waals surface area (Å²) in [5.41, 5.74) is 2.45. The van der Waals surface area contributed by atoms with Crippen molar-refractivity contribution in [1.29, 1.82) is 0 Å². The van der Waals surface area contributed by atoms with E-state index in [1.165, 1.54) is 12.1 Å². The second-order valence-corrected chi connectivity index (χ2v) is 5.79. The first kappa shape index (κ1) is 11.8. The first-order chi connectivity index (χ1) is 6.49. The molecule has 0 aromatic carbocycles. The van der Waals surface area contributed by atoms with Crippen LogP contribution in [0.3, 0.4) is 0 Å². The maximum Gasteiger partial charge on any atom is 0.0596 e. The highest BCUT2D eigenvalue weighted by molar-refractivity contribution is 9.09. The molecule has 2 unspecified atom stereocenters. The minimum atomic E-state index is 0.604. The summed E-state index contributed by atoms with van der Waals surface area (Å²) >= 11 is 3.59. The predicted molar refractivity (Wildman–Crippen MR) is 63.8 cm³/mol. The van der Waals surface area contributed by atoms with Crippen LogP contribution in [0, 0.1) is 12.8 Å². The van der Waals surface area contributed by atoms with Gasteiger partial charge in [-0.1, -0.05) is 29.8 Å². The van der Waals surface area contributed by atoms with E-state index < -0.39 is 0 Å². The number of rotatable bonds is 4. The number of hydrogen-bond acceptors (Lipinski definition) is 1. The lowest BCUT2D eigenvalue weighted by Gasteiger charge is -2.12. The van der Waals surface area contributed by atoms with Crippen LogP contribution in [0.4, 0.5) is 0 Å². The summed E-state index contributed by atoms with van der Waals surface area (Å²) in [5, 5.41) is 4.35. The van der Waals surface area contributed by atoms with Crippen molar-refractivity contribution in [3.63, 3.8) is 0 Å². The summed E-state index contributed by atoms with van der Waals surface area (Å²) in [6.07, 6.45) is 2.33. The van der Waals surface area contributed by atoms with Gasteiger partial charge in [-0.3, -0.25) is 4.68 Å². The van der Waals surface area contributed by atoms with Crippen molar-refractivity contribution in [2.24, 2.45) is 13.0 Å². The third-order valence-electron chi connectivity index (χ3n) is 2.38. The van der Waals surface area contributed by atoms with Gasteiger partial charge >= 0.3 is 0 Å². The summed E-state index contributed by atoms with van der Waals surface area (Å²) in [6, 6.07) is 2.18. The Hall–Kier alpha value is -0.310. The third-order valence-corrected chi connectivity index (χ3v) is 2.76. The summed E-state index contributed by atoms with van der Waals surface area (Å²) in [5.74, 6) is 0.708. The first-order valence-corrected chi connectivity index (χ1v) is 6.04. The molecule has 1 aromatic rings. The SMILES string of the molecule is Cc1cc(CC(C)CC(C)Br)n(C)n1. The number of aromatic nitrogens is 2. The Labute approximate surface area is 94.8 Å². The molecule has 0 fully saturated rings. The lowest BCUT2D eigenvalue weighted by molar-refractivity contribution is 0.511. The van der Waals surface area contributed by atoms with Crippen molar-refractivity contribution < 1.29 is 0 Å². The molecule has 14 heavy (non-hydrogen) atoms. The summed E-state index contributed by atoms with van der Waals surface area (Å²) in [6.45, 7) is 6.53. The first-order valence-electron chi connectivity index (χ1n) is 5.12. The molecule has 0 bridgehead atoms. The Morgan fingerprint density at radius 2 is 2.14 bits per heavy atom. The smallest absolute Gasteiger partial charge is 0.0596 e. The van der Waals surface area contributed by atoms with Gasteiger partial charge in [0.05, 0.1) is 5.69 Å². The molecule has 3 heteroatoms. The van der Waals surface area contributed by atoms with Gasteiger partial charge in [-0.2, -0.15) is 5.10 Å². The topological polar surface area (TPSA) is 17.8 Å². The van der Waals surface area contributed by atoms with E-state index in [0.717, 1.165) is 12.1 Å². The normalized spacial score (nSPS) is 15.5. The van der Waals surface area contributed by atoms with E-state index in [4.69, 9.17) is 0 Å². The largest absolute Gasteiger partial charge is 0.272 e. The van der Waals surface area contributed by atoms with Crippen LogP contribution in [0.1, 0.15) is 31.7 Å². The maximum atomic E-state index is 4.35. The van der Waals surface area contributed by atoms with Gasteiger partial charge in [0, 0.05) is 17.6 Å². The van der Waals surface area contributed by atoms with Crippen LogP contribution < -0.4 is 0 Å². The fraction of sp³-hybridized carbons (Fsp3) is 0.727. The molecule has 0 radical (unpaired) electrons. The highest BCUT2D eigenvalue weighted by Gasteiger charge is 2.10. The van der Waals surface area contributed by atoms with Gasteiger partial charge in [-0.05, 0) is 31.7 Å². The van der Waals surface area contributed by atoms with Gasteiger partial charge in [0.2, 0.25) is 0 Å². The minimum absolute atomic E-state index is 0.604. The van der Waals surface area contributed by atoms with E-state index >= 15 is 0 Å². The minimum Gasteiger partial charge on any atom is -0.272 e. The van der Waals surface area contributed by atoms with Crippen LogP contribution in [-0.4, -0.2) is 14.6 Å². The lowest BCUT2D eigenvalue weighted by Crippen LogP contribution is -2.08. The zero-order chi connectivity index (χ0) is 10.7. The maximum absolute atomic E-state index is 4.35. The number of nitrogens with zero attached hydrogens (tertiary/aromatic N) is 2. The molecular formula is C11H19BrN2. The zero-order valence-corrected chi connectivity index (χ0v) is 11.0. The number of alkyl halides is 1. The van der Waals surface area contributed by atoms with Crippen molar-refractivity contribution in [2.45, 2.75) is 38.4 Å². The Balaban J connectivity index is 2.55. The van der Waals surface area contributed by atoms with E-state index in [1.54, 1.807) is 0 Å². The number of hydrogen-bond donors (Lipinski definition) is 0. The zero-order valence-electron chi connectivity index (χ0n) is 9.42. The van der Waals surface area contributed by atoms with E-state index in [1.807, 2.05) is 18.7 Å². The highest BCUT2D eigenvalue weighted by atomic mass is 79.9. The van der Waals surface area contributed by atoms with E-state index in [2.05, 4.69) is 40.9 Å². The van der Waals surface area contributed by atoms with Gasteiger partial charge in [-0.15, -0.1) is 0 Å². The van der Waals surface area contributed by atoms with Crippen LogP contribution in [0.2, 0.25) is 0 Å². The van der Waals surface area contributed by atoms with Crippen molar-refractivity contribution >= 4 is 15.9 Å². The van der Waals surface area contributed by atoms with E-state index in [9.17, 15) is 0 Å². The Kier molecular flexibility index (Phi) is 4.17. The van der Waals surface area contributed by atoms with Crippen LogP contribution in [-0.2, 0) is 13.5 Å². The fourth-order valence-corrected chi connectivity index (χ4v) is 2.49. The molecule has 0 amide bonds. The molecule has 80 valence electrons. The molecule has 1 aromatic heterocycles.